The highest BCUT2D eigenvalue weighted by Crippen LogP contribution is 2.09. The third kappa shape index (κ3) is 6.35. The van der Waals surface area contributed by atoms with Crippen molar-refractivity contribution >= 4 is 18.0 Å². The van der Waals surface area contributed by atoms with Crippen molar-refractivity contribution in [2.24, 2.45) is 5.92 Å². The van der Waals surface area contributed by atoms with E-state index in [9.17, 15) is 9.59 Å². The Bertz CT molecular complexity index is 625. The second kappa shape index (κ2) is 8.74. The number of esters is 1. The number of carbonyl (C=O) groups excluding carboxylic acids is 2. The third-order valence-electron chi connectivity index (χ3n) is 3.45. The van der Waals surface area contributed by atoms with Crippen molar-refractivity contribution in [1.82, 2.24) is 5.32 Å². The lowest BCUT2D eigenvalue weighted by atomic mass is 10.1. The van der Waals surface area contributed by atoms with Crippen molar-refractivity contribution in [2.45, 2.75) is 33.7 Å². The smallest absolute Gasteiger partial charge is 0.349 e. The predicted molar refractivity (Wildman–Crippen MR) is 88.2 cm³/mol. The van der Waals surface area contributed by atoms with Crippen LogP contribution in [0.4, 0.5) is 0 Å². The van der Waals surface area contributed by atoms with Crippen LogP contribution in [-0.4, -0.2) is 24.5 Å². The van der Waals surface area contributed by atoms with Crippen molar-refractivity contribution in [3.63, 3.8) is 0 Å². The van der Waals surface area contributed by atoms with Crippen molar-refractivity contribution in [2.75, 3.05) is 6.61 Å². The molecular formula is C18H22N2O3. The Morgan fingerprint density at radius 3 is 2.39 bits per heavy atom. The number of ether oxygens (including phenoxy) is 1. The largest absolute Gasteiger partial charge is 0.451 e. The zero-order valence-electron chi connectivity index (χ0n) is 13.9. The highest BCUT2D eigenvalue weighted by atomic mass is 16.5. The fourth-order valence-electron chi connectivity index (χ4n) is 1.64. The molecule has 1 amide bonds. The third-order valence-corrected chi connectivity index (χ3v) is 3.45. The SMILES string of the molecule is Cc1ccc(/C=C(\C#N)C(=O)OCC(=O)N[C@@H](C)C(C)C)cc1. The molecule has 122 valence electrons. The van der Waals surface area contributed by atoms with Gasteiger partial charge in [0.05, 0.1) is 0 Å². The Morgan fingerprint density at radius 2 is 1.87 bits per heavy atom. The van der Waals surface area contributed by atoms with Crippen LogP contribution in [0.1, 0.15) is 31.9 Å². The van der Waals surface area contributed by atoms with Crippen LogP contribution in [0.25, 0.3) is 6.08 Å². The molecule has 23 heavy (non-hydrogen) atoms. The molecule has 1 aromatic rings. The number of rotatable bonds is 6. The monoisotopic (exact) mass is 314 g/mol. The number of nitrogens with zero attached hydrogens (tertiary/aromatic N) is 1. The number of amides is 1. The first-order chi connectivity index (χ1) is 10.8. The molecule has 0 unspecified atom stereocenters. The zero-order chi connectivity index (χ0) is 17.4. The average Bonchev–Trinajstić information content (AvgIpc) is 2.51. The molecule has 0 aliphatic heterocycles. The van der Waals surface area contributed by atoms with Gasteiger partial charge >= 0.3 is 5.97 Å². The van der Waals surface area contributed by atoms with E-state index in [4.69, 9.17) is 10.00 Å². The molecule has 0 spiro atoms. The topological polar surface area (TPSA) is 79.2 Å². The van der Waals surface area contributed by atoms with Crippen LogP contribution >= 0.6 is 0 Å². The fourth-order valence-corrected chi connectivity index (χ4v) is 1.64. The maximum Gasteiger partial charge on any atom is 0.349 e. The van der Waals surface area contributed by atoms with E-state index in [2.05, 4.69) is 5.32 Å². The normalized spacial score (nSPS) is 12.4. The second-order valence-electron chi connectivity index (χ2n) is 5.76. The predicted octanol–water partition coefficient (Wildman–Crippen LogP) is 2.61. The van der Waals surface area contributed by atoms with E-state index in [-0.39, 0.29) is 23.4 Å². The maximum atomic E-state index is 11.9. The minimum Gasteiger partial charge on any atom is -0.451 e. The summed E-state index contributed by atoms with van der Waals surface area (Å²) in [4.78, 5) is 23.6. The van der Waals surface area contributed by atoms with Gasteiger partial charge < -0.3 is 10.1 Å². The molecule has 5 nitrogen and oxygen atoms in total. The molecule has 0 bridgehead atoms. The molecule has 1 rings (SSSR count). The summed E-state index contributed by atoms with van der Waals surface area (Å²) in [6.07, 6.45) is 1.44. The lowest BCUT2D eigenvalue weighted by molar-refractivity contribution is -0.144. The van der Waals surface area contributed by atoms with Gasteiger partial charge in [0.25, 0.3) is 5.91 Å². The summed E-state index contributed by atoms with van der Waals surface area (Å²) in [6.45, 7) is 7.39. The summed E-state index contributed by atoms with van der Waals surface area (Å²) in [5, 5.41) is 11.8. The van der Waals surface area contributed by atoms with Gasteiger partial charge in [-0.15, -0.1) is 0 Å². The van der Waals surface area contributed by atoms with Crippen LogP contribution < -0.4 is 5.32 Å². The lowest BCUT2D eigenvalue weighted by Crippen LogP contribution is -2.38. The molecule has 0 saturated carbocycles. The van der Waals surface area contributed by atoms with Gasteiger partial charge in [0.15, 0.2) is 6.61 Å². The standard InChI is InChI=1S/C18H22N2O3/c1-12(2)14(4)20-17(21)11-23-18(22)16(10-19)9-15-7-5-13(3)6-8-15/h5-9,12,14H,11H2,1-4H3,(H,20,21)/b16-9+/t14-/m0/s1. The van der Waals surface area contributed by atoms with Crippen molar-refractivity contribution in [3.05, 3.63) is 41.0 Å². The molecule has 1 N–H and O–H groups in total. The van der Waals surface area contributed by atoms with Crippen molar-refractivity contribution in [3.8, 4) is 6.07 Å². The van der Waals surface area contributed by atoms with Gasteiger partial charge in [0.1, 0.15) is 11.6 Å². The van der Waals surface area contributed by atoms with Gasteiger partial charge in [0.2, 0.25) is 0 Å². The number of aryl methyl sites for hydroxylation is 1. The summed E-state index contributed by atoms with van der Waals surface area (Å²) >= 11 is 0. The first-order valence-electron chi connectivity index (χ1n) is 7.48. The van der Waals surface area contributed by atoms with Crippen LogP contribution in [-0.2, 0) is 14.3 Å². The number of hydrogen-bond acceptors (Lipinski definition) is 4. The molecule has 0 aromatic heterocycles. The van der Waals surface area contributed by atoms with Gasteiger partial charge in [-0.25, -0.2) is 4.79 Å². The van der Waals surface area contributed by atoms with E-state index in [1.54, 1.807) is 18.2 Å². The number of carbonyl (C=O) groups is 2. The summed E-state index contributed by atoms with van der Waals surface area (Å²) in [7, 11) is 0. The molecule has 0 aliphatic rings. The molecule has 0 radical (unpaired) electrons. The minimum absolute atomic E-state index is 0.0141. The first kappa shape index (κ1) is 18.4. The van der Waals surface area contributed by atoms with E-state index in [0.717, 1.165) is 11.1 Å². The van der Waals surface area contributed by atoms with Crippen LogP contribution in [0.15, 0.2) is 29.8 Å². The summed E-state index contributed by atoms with van der Waals surface area (Å²) in [5.74, 6) is -0.904. The van der Waals surface area contributed by atoms with E-state index in [1.165, 1.54) is 6.08 Å². The van der Waals surface area contributed by atoms with Gasteiger partial charge in [0, 0.05) is 6.04 Å². The van der Waals surface area contributed by atoms with Crippen molar-refractivity contribution < 1.29 is 14.3 Å². The average molecular weight is 314 g/mol. The Labute approximate surface area is 137 Å². The van der Waals surface area contributed by atoms with Crippen LogP contribution in [0.5, 0.6) is 0 Å². The minimum atomic E-state index is -0.805. The molecule has 1 atom stereocenters. The second-order valence-corrected chi connectivity index (χ2v) is 5.76. The Hall–Kier alpha value is -2.61. The van der Waals surface area contributed by atoms with Crippen LogP contribution in [0, 0.1) is 24.2 Å². The summed E-state index contributed by atoms with van der Waals surface area (Å²) in [5.41, 5.74) is 1.67. The zero-order valence-corrected chi connectivity index (χ0v) is 13.9. The summed E-state index contributed by atoms with van der Waals surface area (Å²) in [6, 6.07) is 9.16. The number of benzene rings is 1. The molecule has 0 saturated heterocycles. The molecule has 1 aromatic carbocycles. The maximum absolute atomic E-state index is 11.9. The summed E-state index contributed by atoms with van der Waals surface area (Å²) < 4.78 is 4.89. The highest BCUT2D eigenvalue weighted by molar-refractivity contribution is 5.98. The number of nitriles is 1. The Kier molecular flexibility index (Phi) is 7.01. The molecule has 0 heterocycles. The highest BCUT2D eigenvalue weighted by Gasteiger charge is 2.15. The number of nitrogens with one attached hydrogen (secondary N) is 1. The van der Waals surface area contributed by atoms with E-state index in [0.29, 0.717) is 0 Å². The molecule has 0 aliphatic carbocycles. The van der Waals surface area contributed by atoms with E-state index >= 15 is 0 Å². The van der Waals surface area contributed by atoms with Gasteiger partial charge in [-0.2, -0.15) is 5.26 Å². The first-order valence-corrected chi connectivity index (χ1v) is 7.48. The lowest BCUT2D eigenvalue weighted by Gasteiger charge is -2.17. The van der Waals surface area contributed by atoms with Gasteiger partial charge in [-0.3, -0.25) is 4.79 Å². The van der Waals surface area contributed by atoms with E-state index < -0.39 is 12.6 Å². The van der Waals surface area contributed by atoms with Gasteiger partial charge in [-0.05, 0) is 31.4 Å². The van der Waals surface area contributed by atoms with Crippen molar-refractivity contribution in [1.29, 1.82) is 5.26 Å². The van der Waals surface area contributed by atoms with Gasteiger partial charge in [-0.1, -0.05) is 43.7 Å². The van der Waals surface area contributed by atoms with Crippen LogP contribution in [0.2, 0.25) is 0 Å². The fraction of sp³-hybridized carbons (Fsp3) is 0.389. The quantitative estimate of drug-likeness (QED) is 0.497. The van der Waals surface area contributed by atoms with Crippen LogP contribution in [0.3, 0.4) is 0 Å². The van der Waals surface area contributed by atoms with E-state index in [1.807, 2.05) is 39.8 Å². The molecule has 0 fully saturated rings. The molecular weight excluding hydrogens is 292 g/mol. The number of hydrogen-bond donors (Lipinski definition) is 1. The Balaban J connectivity index is 2.63. The molecule has 5 heteroatoms. The Morgan fingerprint density at radius 1 is 1.26 bits per heavy atom.